The van der Waals surface area contributed by atoms with Gasteiger partial charge in [0.25, 0.3) is 0 Å². The maximum absolute atomic E-state index is 11.3. The largest absolute Gasteiger partial charge is 0.387 e. The number of carbonyl (C=O) groups excluding carboxylic acids is 1. The van der Waals surface area contributed by atoms with Crippen LogP contribution in [-0.2, 0) is 10.2 Å². The van der Waals surface area contributed by atoms with E-state index in [0.717, 1.165) is 12.1 Å². The molecule has 3 nitrogen and oxygen atoms in total. The van der Waals surface area contributed by atoms with Crippen LogP contribution in [0.3, 0.4) is 0 Å². The lowest BCUT2D eigenvalue weighted by Crippen LogP contribution is -2.17. The minimum atomic E-state index is -0.471. The van der Waals surface area contributed by atoms with Crippen LogP contribution >= 0.6 is 0 Å². The van der Waals surface area contributed by atoms with Crippen LogP contribution in [0.4, 0.5) is 5.69 Å². The molecule has 17 heavy (non-hydrogen) atoms. The summed E-state index contributed by atoms with van der Waals surface area (Å²) in [5.41, 5.74) is 3.54. The van der Waals surface area contributed by atoms with Crippen molar-refractivity contribution in [3.8, 4) is 0 Å². The molecule has 0 aliphatic heterocycles. The molecule has 0 saturated heterocycles. The first kappa shape index (κ1) is 12.1. The van der Waals surface area contributed by atoms with Crippen LogP contribution in [0.25, 0.3) is 0 Å². The minimum Gasteiger partial charge on any atom is -0.387 e. The average molecular weight is 233 g/mol. The predicted molar refractivity (Wildman–Crippen MR) is 68.2 cm³/mol. The number of aliphatic hydroxyl groups excluding tert-OH is 1. The van der Waals surface area contributed by atoms with Crippen molar-refractivity contribution in [1.82, 2.24) is 0 Å². The van der Waals surface area contributed by atoms with E-state index < -0.39 is 6.61 Å². The number of anilines is 1. The topological polar surface area (TPSA) is 49.3 Å². The first-order valence-corrected chi connectivity index (χ1v) is 6.00. The molecule has 1 aromatic carbocycles. The van der Waals surface area contributed by atoms with E-state index in [4.69, 9.17) is 5.11 Å². The highest BCUT2D eigenvalue weighted by atomic mass is 16.3. The Balaban J connectivity index is 2.44. The molecular weight excluding hydrogens is 214 g/mol. The molecule has 3 heteroatoms. The molecule has 1 aromatic rings. The molecule has 0 bridgehead atoms. The second-order valence-electron chi connectivity index (χ2n) is 5.46. The van der Waals surface area contributed by atoms with Crippen molar-refractivity contribution in [3.05, 3.63) is 29.3 Å². The van der Waals surface area contributed by atoms with E-state index in [0.29, 0.717) is 5.92 Å². The summed E-state index contributed by atoms with van der Waals surface area (Å²) in [5.74, 6) is 0.0884. The Labute approximate surface area is 102 Å². The van der Waals surface area contributed by atoms with E-state index in [1.54, 1.807) is 0 Å². The Morgan fingerprint density at radius 1 is 1.53 bits per heavy atom. The monoisotopic (exact) mass is 233 g/mol. The molecule has 2 N–H and O–H groups in total. The molecule has 1 unspecified atom stereocenters. The highest BCUT2D eigenvalue weighted by Gasteiger charge is 2.36. The molecule has 1 amide bonds. The summed E-state index contributed by atoms with van der Waals surface area (Å²) in [4.78, 5) is 11.3. The number of rotatable bonds is 2. The molecule has 2 rings (SSSR count). The smallest absolute Gasteiger partial charge is 0.250 e. The van der Waals surface area contributed by atoms with E-state index >= 15 is 0 Å². The predicted octanol–water partition coefficient (Wildman–Crippen LogP) is 2.40. The van der Waals surface area contributed by atoms with Crippen molar-refractivity contribution in [2.75, 3.05) is 11.9 Å². The van der Waals surface area contributed by atoms with Crippen LogP contribution in [0, 0.1) is 0 Å². The first-order valence-electron chi connectivity index (χ1n) is 6.00. The Hall–Kier alpha value is -1.35. The number of benzene rings is 1. The van der Waals surface area contributed by atoms with E-state index in [1.807, 2.05) is 12.1 Å². The summed E-state index contributed by atoms with van der Waals surface area (Å²) in [6, 6.07) is 6.00. The third-order valence-electron chi connectivity index (χ3n) is 3.56. The van der Waals surface area contributed by atoms with Crippen molar-refractivity contribution >= 4 is 11.6 Å². The van der Waals surface area contributed by atoms with Crippen LogP contribution in [-0.4, -0.2) is 17.6 Å². The van der Waals surface area contributed by atoms with E-state index in [2.05, 4.69) is 32.2 Å². The van der Waals surface area contributed by atoms with Gasteiger partial charge in [-0.05, 0) is 34.9 Å². The molecular formula is C14H19NO2. The van der Waals surface area contributed by atoms with Gasteiger partial charge in [-0.25, -0.2) is 0 Å². The van der Waals surface area contributed by atoms with E-state index in [1.165, 1.54) is 11.1 Å². The molecule has 0 heterocycles. The maximum Gasteiger partial charge on any atom is 0.250 e. The van der Waals surface area contributed by atoms with Crippen LogP contribution < -0.4 is 5.32 Å². The van der Waals surface area contributed by atoms with Crippen molar-refractivity contribution in [1.29, 1.82) is 0 Å². The molecule has 0 saturated carbocycles. The number of hydrogen-bond acceptors (Lipinski definition) is 2. The maximum atomic E-state index is 11.3. The summed E-state index contributed by atoms with van der Waals surface area (Å²) >= 11 is 0. The van der Waals surface area contributed by atoms with Crippen LogP contribution in [0.1, 0.15) is 44.2 Å². The standard InChI is InChI=1S/C14H19NO2/c1-9-7-14(2,3)10-5-4-6-11(13(9)10)15-12(17)8-16/h4-6,9,16H,7-8H2,1-3H3,(H,15,17). The zero-order valence-electron chi connectivity index (χ0n) is 10.6. The summed E-state index contributed by atoms with van der Waals surface area (Å²) in [7, 11) is 0. The van der Waals surface area contributed by atoms with Gasteiger partial charge in [0.2, 0.25) is 5.91 Å². The summed E-state index contributed by atoms with van der Waals surface area (Å²) in [6.07, 6.45) is 1.09. The third-order valence-corrected chi connectivity index (χ3v) is 3.56. The number of aliphatic hydroxyl groups is 1. The van der Waals surface area contributed by atoms with Gasteiger partial charge in [0.1, 0.15) is 6.61 Å². The lowest BCUT2D eigenvalue weighted by molar-refractivity contribution is -0.118. The summed E-state index contributed by atoms with van der Waals surface area (Å²) < 4.78 is 0. The minimum absolute atomic E-state index is 0.161. The van der Waals surface area contributed by atoms with Gasteiger partial charge in [-0.1, -0.05) is 32.9 Å². The quantitative estimate of drug-likeness (QED) is 0.824. The zero-order chi connectivity index (χ0) is 12.6. The highest BCUT2D eigenvalue weighted by Crippen LogP contribution is 2.48. The van der Waals surface area contributed by atoms with Gasteiger partial charge in [0, 0.05) is 5.69 Å². The molecule has 92 valence electrons. The SMILES string of the molecule is CC1CC(C)(C)c2cccc(NC(=O)CO)c21. The van der Waals surface area contributed by atoms with Crippen molar-refractivity contribution in [2.45, 2.75) is 38.5 Å². The zero-order valence-corrected chi connectivity index (χ0v) is 10.6. The van der Waals surface area contributed by atoms with Gasteiger partial charge < -0.3 is 10.4 Å². The first-order chi connectivity index (χ1) is 7.95. The van der Waals surface area contributed by atoms with Crippen LogP contribution in [0.5, 0.6) is 0 Å². The second-order valence-corrected chi connectivity index (χ2v) is 5.46. The van der Waals surface area contributed by atoms with Crippen molar-refractivity contribution in [3.63, 3.8) is 0 Å². The molecule has 0 spiro atoms. The van der Waals surface area contributed by atoms with Gasteiger partial charge in [-0.2, -0.15) is 0 Å². The Morgan fingerprint density at radius 2 is 2.24 bits per heavy atom. The fourth-order valence-electron chi connectivity index (χ4n) is 2.96. The van der Waals surface area contributed by atoms with Crippen molar-refractivity contribution < 1.29 is 9.90 Å². The van der Waals surface area contributed by atoms with Gasteiger partial charge in [-0.15, -0.1) is 0 Å². The lowest BCUT2D eigenvalue weighted by Gasteiger charge is -2.19. The highest BCUT2D eigenvalue weighted by molar-refractivity contribution is 5.92. The van der Waals surface area contributed by atoms with E-state index in [-0.39, 0.29) is 11.3 Å². The molecule has 1 aliphatic rings. The lowest BCUT2D eigenvalue weighted by atomic mass is 9.86. The van der Waals surface area contributed by atoms with Gasteiger partial charge in [-0.3, -0.25) is 4.79 Å². The number of hydrogen-bond donors (Lipinski definition) is 2. The molecule has 1 atom stereocenters. The Morgan fingerprint density at radius 3 is 2.88 bits per heavy atom. The second kappa shape index (κ2) is 4.15. The fraction of sp³-hybridized carbons (Fsp3) is 0.500. The Kier molecular flexibility index (Phi) is 2.96. The molecule has 1 aliphatic carbocycles. The Bertz CT molecular complexity index is 452. The fourth-order valence-corrected chi connectivity index (χ4v) is 2.96. The normalized spacial score (nSPS) is 21.1. The van der Waals surface area contributed by atoms with Gasteiger partial charge in [0.15, 0.2) is 0 Å². The number of carbonyl (C=O) groups is 1. The molecule has 0 radical (unpaired) electrons. The molecule has 0 fully saturated rings. The number of nitrogens with one attached hydrogen (secondary N) is 1. The number of fused-ring (bicyclic) bond motifs is 1. The summed E-state index contributed by atoms with van der Waals surface area (Å²) in [5, 5.41) is 11.6. The van der Waals surface area contributed by atoms with Gasteiger partial charge in [0.05, 0.1) is 0 Å². The summed E-state index contributed by atoms with van der Waals surface area (Å²) in [6.45, 7) is 6.17. The van der Waals surface area contributed by atoms with Crippen LogP contribution in [0.2, 0.25) is 0 Å². The number of amides is 1. The van der Waals surface area contributed by atoms with E-state index in [9.17, 15) is 4.79 Å². The van der Waals surface area contributed by atoms with Crippen LogP contribution in [0.15, 0.2) is 18.2 Å². The third kappa shape index (κ3) is 2.07. The molecule has 0 aromatic heterocycles. The van der Waals surface area contributed by atoms with Crippen molar-refractivity contribution in [2.24, 2.45) is 0 Å². The average Bonchev–Trinajstić information content (AvgIpc) is 2.50. The van der Waals surface area contributed by atoms with Gasteiger partial charge >= 0.3 is 0 Å².